The number of amides is 4. The summed E-state index contributed by atoms with van der Waals surface area (Å²) >= 11 is 0. The second-order valence-electron chi connectivity index (χ2n) is 7.38. The average molecular weight is 440 g/mol. The Bertz CT molecular complexity index is 921. The Balaban J connectivity index is 1.52. The van der Waals surface area contributed by atoms with Gasteiger partial charge in [-0.2, -0.15) is 4.31 Å². The molecule has 0 saturated carbocycles. The normalized spacial score (nSPS) is 18.8. The number of likely N-dealkylation sites (N-methyl/N-ethyl adjacent to an activating group) is 1. The number of halogens is 1. The zero-order valence-corrected chi connectivity index (χ0v) is 17.6. The molecule has 2 aliphatic rings. The minimum Gasteiger partial charge on any atom is -0.341 e. The quantitative estimate of drug-likeness (QED) is 0.607. The minimum atomic E-state index is -3.75. The van der Waals surface area contributed by atoms with Gasteiger partial charge in [-0.3, -0.25) is 14.5 Å². The Morgan fingerprint density at radius 1 is 1.07 bits per heavy atom. The molecule has 30 heavy (non-hydrogen) atoms. The fraction of sp³-hybridized carbons (Fsp3) is 0.526. The number of hydrogen-bond donors (Lipinski definition) is 0. The van der Waals surface area contributed by atoms with Crippen LogP contribution in [0.3, 0.4) is 0 Å². The second-order valence-corrected chi connectivity index (χ2v) is 9.32. The number of sulfonamides is 1. The van der Waals surface area contributed by atoms with Crippen LogP contribution >= 0.6 is 0 Å². The van der Waals surface area contributed by atoms with E-state index in [1.807, 2.05) is 0 Å². The summed E-state index contributed by atoms with van der Waals surface area (Å²) in [7, 11) is -2.20. The van der Waals surface area contributed by atoms with Gasteiger partial charge in [-0.05, 0) is 37.1 Å². The number of imide groups is 1. The molecule has 0 N–H and O–H groups in total. The molecule has 0 unspecified atom stereocenters. The van der Waals surface area contributed by atoms with E-state index in [-0.39, 0.29) is 61.9 Å². The smallest absolute Gasteiger partial charge is 0.326 e. The number of benzene rings is 1. The maximum Gasteiger partial charge on any atom is 0.326 e. The van der Waals surface area contributed by atoms with Gasteiger partial charge in [0.15, 0.2) is 0 Å². The first kappa shape index (κ1) is 22.2. The molecule has 4 amide bonds. The highest BCUT2D eigenvalue weighted by Crippen LogP contribution is 2.19. The van der Waals surface area contributed by atoms with Crippen LogP contribution in [-0.4, -0.2) is 91.6 Å². The number of carbonyl (C=O) groups excluding carboxylic acids is 3. The van der Waals surface area contributed by atoms with Crippen molar-refractivity contribution in [1.82, 2.24) is 19.0 Å². The van der Waals surface area contributed by atoms with Gasteiger partial charge in [0, 0.05) is 46.2 Å². The molecule has 9 nitrogen and oxygen atoms in total. The Labute approximate surface area is 175 Å². The fourth-order valence-electron chi connectivity index (χ4n) is 3.57. The van der Waals surface area contributed by atoms with Gasteiger partial charge in [0.25, 0.3) is 0 Å². The molecule has 2 saturated heterocycles. The highest BCUT2D eigenvalue weighted by atomic mass is 32.2. The predicted molar refractivity (Wildman–Crippen MR) is 105 cm³/mol. The molecule has 11 heteroatoms. The summed E-state index contributed by atoms with van der Waals surface area (Å²) < 4.78 is 39.9. The lowest BCUT2D eigenvalue weighted by atomic mass is 10.2. The SMILES string of the molecule is CN1CC(=O)N(CCCC(=O)N2CCCN(S(=O)(=O)c3ccc(F)cc3)CC2)C1=O. The van der Waals surface area contributed by atoms with Crippen LogP contribution in [-0.2, 0) is 19.6 Å². The molecule has 1 aromatic rings. The van der Waals surface area contributed by atoms with E-state index in [2.05, 4.69) is 0 Å². The van der Waals surface area contributed by atoms with Gasteiger partial charge >= 0.3 is 6.03 Å². The van der Waals surface area contributed by atoms with Crippen LogP contribution in [0.15, 0.2) is 29.2 Å². The van der Waals surface area contributed by atoms with Gasteiger partial charge in [0.2, 0.25) is 21.8 Å². The molecular formula is C19H25FN4O5S. The molecule has 0 aromatic heterocycles. The molecule has 3 rings (SSSR count). The van der Waals surface area contributed by atoms with Crippen molar-refractivity contribution in [2.45, 2.75) is 24.2 Å². The van der Waals surface area contributed by atoms with E-state index in [4.69, 9.17) is 0 Å². The van der Waals surface area contributed by atoms with E-state index in [1.165, 1.54) is 21.3 Å². The summed E-state index contributed by atoms with van der Waals surface area (Å²) in [6.45, 7) is 1.35. The van der Waals surface area contributed by atoms with Crippen molar-refractivity contribution in [3.63, 3.8) is 0 Å². The van der Waals surface area contributed by atoms with Crippen LogP contribution in [0.2, 0.25) is 0 Å². The van der Waals surface area contributed by atoms with E-state index in [0.29, 0.717) is 19.4 Å². The highest BCUT2D eigenvalue weighted by Gasteiger charge is 2.33. The Kier molecular flexibility index (Phi) is 6.71. The third-order valence-electron chi connectivity index (χ3n) is 5.26. The Hall–Kier alpha value is -2.53. The minimum absolute atomic E-state index is 0.0218. The van der Waals surface area contributed by atoms with Crippen molar-refractivity contribution in [2.24, 2.45) is 0 Å². The lowest BCUT2D eigenvalue weighted by Gasteiger charge is -2.22. The van der Waals surface area contributed by atoms with Crippen LogP contribution in [0.25, 0.3) is 0 Å². The standard InChI is InChI=1S/C19H25FN4O5S/c1-21-14-18(26)24(19(21)27)11-2-4-17(25)22-9-3-10-23(13-12-22)30(28,29)16-7-5-15(20)6-8-16/h5-8H,2-4,9-14H2,1H3. The van der Waals surface area contributed by atoms with Crippen molar-refractivity contribution in [1.29, 1.82) is 0 Å². The number of carbonyl (C=O) groups is 3. The van der Waals surface area contributed by atoms with Crippen molar-refractivity contribution >= 4 is 27.9 Å². The number of hydrogen-bond acceptors (Lipinski definition) is 5. The molecule has 0 spiro atoms. The monoisotopic (exact) mass is 440 g/mol. The van der Waals surface area contributed by atoms with E-state index >= 15 is 0 Å². The molecule has 0 aliphatic carbocycles. The van der Waals surface area contributed by atoms with Gasteiger partial charge in [0.05, 0.1) is 4.90 Å². The zero-order valence-electron chi connectivity index (χ0n) is 16.8. The largest absolute Gasteiger partial charge is 0.341 e. The van der Waals surface area contributed by atoms with Gasteiger partial charge in [0.1, 0.15) is 12.4 Å². The number of urea groups is 1. The van der Waals surface area contributed by atoms with E-state index in [9.17, 15) is 27.2 Å². The molecule has 0 bridgehead atoms. The van der Waals surface area contributed by atoms with Gasteiger partial charge in [-0.15, -0.1) is 0 Å². The molecule has 1 aromatic carbocycles. The lowest BCUT2D eigenvalue weighted by Crippen LogP contribution is -2.38. The first-order valence-corrected chi connectivity index (χ1v) is 11.2. The molecule has 2 fully saturated rings. The fourth-order valence-corrected chi connectivity index (χ4v) is 5.04. The molecule has 164 valence electrons. The summed E-state index contributed by atoms with van der Waals surface area (Å²) in [5, 5.41) is 0. The lowest BCUT2D eigenvalue weighted by molar-refractivity contribution is -0.132. The maximum absolute atomic E-state index is 13.1. The Morgan fingerprint density at radius 2 is 1.77 bits per heavy atom. The zero-order chi connectivity index (χ0) is 21.9. The molecule has 2 heterocycles. The first-order chi connectivity index (χ1) is 14.2. The summed E-state index contributed by atoms with van der Waals surface area (Å²) in [6.07, 6.45) is 1.02. The van der Waals surface area contributed by atoms with Crippen LogP contribution in [0, 0.1) is 5.82 Å². The summed E-state index contributed by atoms with van der Waals surface area (Å²) in [5.41, 5.74) is 0. The maximum atomic E-state index is 13.1. The van der Waals surface area contributed by atoms with Gasteiger partial charge in [-0.25, -0.2) is 17.6 Å². The van der Waals surface area contributed by atoms with Crippen LogP contribution in [0.5, 0.6) is 0 Å². The summed E-state index contributed by atoms with van der Waals surface area (Å²) in [4.78, 5) is 40.3. The number of rotatable bonds is 6. The third-order valence-corrected chi connectivity index (χ3v) is 7.18. The van der Waals surface area contributed by atoms with E-state index < -0.39 is 15.8 Å². The van der Waals surface area contributed by atoms with Crippen molar-refractivity contribution < 1.29 is 27.2 Å². The number of nitrogens with zero attached hydrogens (tertiary/aromatic N) is 4. The summed E-state index contributed by atoms with van der Waals surface area (Å²) in [6, 6.07) is 4.32. The average Bonchev–Trinajstić information content (AvgIpc) is 2.89. The molecule has 0 radical (unpaired) electrons. The Morgan fingerprint density at radius 3 is 2.40 bits per heavy atom. The van der Waals surface area contributed by atoms with Crippen LogP contribution in [0.1, 0.15) is 19.3 Å². The van der Waals surface area contributed by atoms with Gasteiger partial charge in [-0.1, -0.05) is 0 Å². The van der Waals surface area contributed by atoms with Gasteiger partial charge < -0.3 is 9.80 Å². The van der Waals surface area contributed by atoms with E-state index in [0.717, 1.165) is 17.0 Å². The van der Waals surface area contributed by atoms with Crippen LogP contribution < -0.4 is 0 Å². The molecule has 2 aliphatic heterocycles. The van der Waals surface area contributed by atoms with Crippen molar-refractivity contribution in [2.75, 3.05) is 46.3 Å². The first-order valence-electron chi connectivity index (χ1n) is 9.79. The highest BCUT2D eigenvalue weighted by molar-refractivity contribution is 7.89. The molecular weight excluding hydrogens is 415 g/mol. The predicted octanol–water partition coefficient (Wildman–Crippen LogP) is 0.723. The third kappa shape index (κ3) is 4.78. The topological polar surface area (TPSA) is 98.3 Å². The van der Waals surface area contributed by atoms with Crippen molar-refractivity contribution in [3.8, 4) is 0 Å². The van der Waals surface area contributed by atoms with E-state index in [1.54, 1.807) is 11.9 Å². The van der Waals surface area contributed by atoms with Crippen molar-refractivity contribution in [3.05, 3.63) is 30.1 Å². The second kappa shape index (κ2) is 9.09. The van der Waals surface area contributed by atoms with Crippen LogP contribution in [0.4, 0.5) is 9.18 Å². The molecule has 0 atom stereocenters. The summed E-state index contributed by atoms with van der Waals surface area (Å²) in [5.74, 6) is -0.916.